The summed E-state index contributed by atoms with van der Waals surface area (Å²) in [6.45, 7) is 6.94. The van der Waals surface area contributed by atoms with E-state index < -0.39 is 12.1 Å². The van der Waals surface area contributed by atoms with E-state index in [0.29, 0.717) is 0 Å². The molecule has 14 heavy (non-hydrogen) atoms. The maximum absolute atomic E-state index is 10.9. The van der Waals surface area contributed by atoms with Crippen LogP contribution in [0.1, 0.15) is 20.3 Å². The normalized spacial score (nSPS) is 9.64. The van der Waals surface area contributed by atoms with Crippen LogP contribution in [-0.4, -0.2) is 29.8 Å². The molecule has 0 bridgehead atoms. The third-order valence-electron chi connectivity index (χ3n) is 1.35. The van der Waals surface area contributed by atoms with Crippen molar-refractivity contribution in [2.45, 2.75) is 26.3 Å². The zero-order valence-electron chi connectivity index (χ0n) is 8.37. The molecule has 0 aliphatic rings. The largest absolute Gasteiger partial charge is 0.478 e. The first-order valence-corrected chi connectivity index (χ1v) is 4.28. The lowest BCUT2D eigenvalue weighted by Gasteiger charge is -2.08. The van der Waals surface area contributed by atoms with E-state index >= 15 is 0 Å². The van der Waals surface area contributed by atoms with Gasteiger partial charge in [-0.2, -0.15) is 0 Å². The second kappa shape index (κ2) is 6.01. The van der Waals surface area contributed by atoms with Gasteiger partial charge in [0.1, 0.15) is 0 Å². The van der Waals surface area contributed by atoms with Crippen molar-refractivity contribution in [3.63, 3.8) is 0 Å². The minimum absolute atomic E-state index is 0.00479. The summed E-state index contributed by atoms with van der Waals surface area (Å²) < 4.78 is 4.70. The predicted molar refractivity (Wildman–Crippen MR) is 51.0 cm³/mol. The van der Waals surface area contributed by atoms with Gasteiger partial charge in [0.25, 0.3) is 0 Å². The van der Waals surface area contributed by atoms with Gasteiger partial charge in [0.2, 0.25) is 0 Å². The minimum Gasteiger partial charge on any atom is -0.478 e. The Balaban J connectivity index is 3.59. The van der Waals surface area contributed by atoms with E-state index in [0.717, 1.165) is 0 Å². The van der Waals surface area contributed by atoms with Crippen LogP contribution in [0.15, 0.2) is 12.2 Å². The molecule has 2 N–H and O–H groups in total. The summed E-state index contributed by atoms with van der Waals surface area (Å²) in [5.74, 6) is -1.07. The fourth-order valence-electron chi connectivity index (χ4n) is 0.651. The van der Waals surface area contributed by atoms with E-state index in [1.165, 1.54) is 0 Å². The molecule has 0 aromatic rings. The van der Waals surface area contributed by atoms with Crippen molar-refractivity contribution in [3.05, 3.63) is 12.2 Å². The van der Waals surface area contributed by atoms with E-state index in [4.69, 9.17) is 9.84 Å². The van der Waals surface area contributed by atoms with Crippen LogP contribution < -0.4 is 5.32 Å². The molecule has 0 spiro atoms. The maximum atomic E-state index is 10.9. The molecule has 0 saturated heterocycles. The topological polar surface area (TPSA) is 75.6 Å². The number of carbonyl (C=O) groups excluding carboxylic acids is 1. The fourth-order valence-corrected chi connectivity index (χ4v) is 0.651. The van der Waals surface area contributed by atoms with Crippen molar-refractivity contribution in [3.8, 4) is 0 Å². The van der Waals surface area contributed by atoms with Crippen LogP contribution in [0, 0.1) is 0 Å². The molecule has 80 valence electrons. The highest BCUT2D eigenvalue weighted by Crippen LogP contribution is 1.98. The summed E-state index contributed by atoms with van der Waals surface area (Å²) in [4.78, 5) is 21.2. The highest BCUT2D eigenvalue weighted by atomic mass is 16.5. The number of alkyl carbamates (subject to hydrolysis) is 1. The highest BCUT2D eigenvalue weighted by molar-refractivity contribution is 5.85. The molecule has 0 radical (unpaired) electrons. The molecule has 0 aromatic carbocycles. The summed E-state index contributed by atoms with van der Waals surface area (Å²) in [6, 6.07) is 0.00479. The van der Waals surface area contributed by atoms with Crippen LogP contribution >= 0.6 is 0 Å². The molecule has 0 heterocycles. The third kappa shape index (κ3) is 6.05. The Morgan fingerprint density at radius 3 is 2.50 bits per heavy atom. The number of carboxylic acid groups (broad SMARTS) is 1. The summed E-state index contributed by atoms with van der Waals surface area (Å²) in [7, 11) is 0. The average molecular weight is 201 g/mol. The third-order valence-corrected chi connectivity index (χ3v) is 1.35. The van der Waals surface area contributed by atoms with E-state index in [1.807, 2.05) is 0 Å². The van der Waals surface area contributed by atoms with Crippen molar-refractivity contribution in [2.24, 2.45) is 0 Å². The lowest BCUT2D eigenvalue weighted by atomic mass is 10.2. The van der Waals surface area contributed by atoms with E-state index in [1.54, 1.807) is 13.8 Å². The lowest BCUT2D eigenvalue weighted by Crippen LogP contribution is -2.31. The van der Waals surface area contributed by atoms with Crippen LogP contribution in [0.4, 0.5) is 4.79 Å². The number of nitrogens with one attached hydrogen (secondary N) is 1. The standard InChI is InChI=1S/C9H15NO4/c1-6(2)10-9(13)14-5-4-7(3)8(11)12/h6H,3-5H2,1-2H3,(H,10,13)(H,11,12). The van der Waals surface area contributed by atoms with Crippen molar-refractivity contribution in [1.82, 2.24) is 5.32 Å². The number of carbonyl (C=O) groups is 2. The van der Waals surface area contributed by atoms with Crippen LogP contribution in [-0.2, 0) is 9.53 Å². The summed E-state index contributed by atoms with van der Waals surface area (Å²) in [6.07, 6.45) is -0.404. The van der Waals surface area contributed by atoms with Gasteiger partial charge in [-0.1, -0.05) is 6.58 Å². The van der Waals surface area contributed by atoms with Gasteiger partial charge in [-0.15, -0.1) is 0 Å². The molecule has 0 atom stereocenters. The molecule has 0 aliphatic heterocycles. The summed E-state index contributed by atoms with van der Waals surface area (Å²) in [5, 5.41) is 10.9. The van der Waals surface area contributed by atoms with Gasteiger partial charge in [0.15, 0.2) is 0 Å². The lowest BCUT2D eigenvalue weighted by molar-refractivity contribution is -0.132. The Bertz CT molecular complexity index is 235. The fraction of sp³-hybridized carbons (Fsp3) is 0.556. The second-order valence-corrected chi connectivity index (χ2v) is 3.09. The number of carboxylic acids is 1. The number of ether oxygens (including phenoxy) is 1. The van der Waals surface area contributed by atoms with Crippen LogP contribution in [0.3, 0.4) is 0 Å². The van der Waals surface area contributed by atoms with Gasteiger partial charge in [0.05, 0.1) is 6.61 Å². The smallest absolute Gasteiger partial charge is 0.407 e. The number of hydrogen-bond acceptors (Lipinski definition) is 3. The van der Waals surface area contributed by atoms with Gasteiger partial charge < -0.3 is 15.2 Å². The Morgan fingerprint density at radius 2 is 2.07 bits per heavy atom. The predicted octanol–water partition coefficient (Wildman–Crippen LogP) is 1.15. The summed E-state index contributed by atoms with van der Waals surface area (Å²) >= 11 is 0. The number of amides is 1. The van der Waals surface area contributed by atoms with Gasteiger partial charge in [-0.3, -0.25) is 0 Å². The monoisotopic (exact) mass is 201 g/mol. The van der Waals surface area contributed by atoms with Crippen LogP contribution in [0.25, 0.3) is 0 Å². The van der Waals surface area contributed by atoms with E-state index in [-0.39, 0.29) is 24.6 Å². The number of aliphatic carboxylic acids is 1. The molecule has 5 nitrogen and oxygen atoms in total. The van der Waals surface area contributed by atoms with Crippen LogP contribution in [0.2, 0.25) is 0 Å². The summed E-state index contributed by atoms with van der Waals surface area (Å²) in [5.41, 5.74) is 0.0300. The first-order chi connectivity index (χ1) is 6.43. The Labute approximate surface area is 82.7 Å². The first-order valence-electron chi connectivity index (χ1n) is 4.28. The van der Waals surface area contributed by atoms with Crippen molar-refractivity contribution in [1.29, 1.82) is 0 Å². The van der Waals surface area contributed by atoms with E-state index in [9.17, 15) is 9.59 Å². The maximum Gasteiger partial charge on any atom is 0.407 e. The van der Waals surface area contributed by atoms with Gasteiger partial charge in [-0.05, 0) is 13.8 Å². The molecule has 0 unspecified atom stereocenters. The molecular weight excluding hydrogens is 186 g/mol. The first kappa shape index (κ1) is 12.5. The quantitative estimate of drug-likeness (QED) is 0.654. The van der Waals surface area contributed by atoms with Crippen molar-refractivity contribution < 1.29 is 19.4 Å². The SMILES string of the molecule is C=C(CCOC(=O)NC(C)C)C(=O)O. The Kier molecular flexibility index (Phi) is 5.36. The zero-order valence-corrected chi connectivity index (χ0v) is 8.37. The Hall–Kier alpha value is -1.52. The van der Waals surface area contributed by atoms with Gasteiger partial charge >= 0.3 is 12.1 Å². The molecule has 0 fully saturated rings. The number of rotatable bonds is 5. The highest BCUT2D eigenvalue weighted by Gasteiger charge is 2.06. The Morgan fingerprint density at radius 1 is 1.50 bits per heavy atom. The van der Waals surface area contributed by atoms with Gasteiger partial charge in [-0.25, -0.2) is 9.59 Å². The van der Waals surface area contributed by atoms with E-state index in [2.05, 4.69) is 11.9 Å². The molecule has 1 amide bonds. The van der Waals surface area contributed by atoms with Crippen LogP contribution in [0.5, 0.6) is 0 Å². The molecule has 0 aromatic heterocycles. The molecule has 0 rings (SSSR count). The van der Waals surface area contributed by atoms with Gasteiger partial charge in [0, 0.05) is 18.0 Å². The molecule has 0 aliphatic carbocycles. The molecule has 0 saturated carbocycles. The minimum atomic E-state index is -1.07. The van der Waals surface area contributed by atoms with Crippen molar-refractivity contribution >= 4 is 12.1 Å². The molecule has 5 heteroatoms. The molecular formula is C9H15NO4. The van der Waals surface area contributed by atoms with Crippen molar-refractivity contribution in [2.75, 3.05) is 6.61 Å². The average Bonchev–Trinajstić information content (AvgIpc) is 2.02. The zero-order chi connectivity index (χ0) is 11.1. The second-order valence-electron chi connectivity index (χ2n) is 3.09. The number of hydrogen-bond donors (Lipinski definition) is 2.